The summed E-state index contributed by atoms with van der Waals surface area (Å²) in [5, 5.41) is 9.06. The molecular weight excluding hydrogens is 499 g/mol. The third-order valence-corrected chi connectivity index (χ3v) is 6.56. The average molecular weight is 527 g/mol. The van der Waals surface area contributed by atoms with Gasteiger partial charge in [-0.15, -0.1) is 0 Å². The Morgan fingerprint density at radius 2 is 1.82 bits per heavy atom. The topological polar surface area (TPSA) is 126 Å². The Hall–Kier alpha value is -4.64. The maximum Gasteiger partial charge on any atom is 0.164 e. The smallest absolute Gasteiger partial charge is 0.164 e. The van der Waals surface area contributed by atoms with E-state index in [4.69, 9.17) is 20.3 Å². The summed E-state index contributed by atoms with van der Waals surface area (Å²) in [6, 6.07) is 12.0. The van der Waals surface area contributed by atoms with Crippen molar-refractivity contribution in [2.75, 3.05) is 12.3 Å². The van der Waals surface area contributed by atoms with E-state index in [2.05, 4.69) is 25.3 Å². The van der Waals surface area contributed by atoms with E-state index in [9.17, 15) is 4.39 Å². The lowest BCUT2D eigenvalue weighted by Gasteiger charge is -2.10. The molecule has 0 aliphatic carbocycles. The minimum Gasteiger partial charge on any atom is -0.489 e. The number of fused-ring (bicyclic) bond motifs is 1. The molecule has 0 unspecified atom stereocenters. The molecule has 11 heteroatoms. The fourth-order valence-corrected chi connectivity index (χ4v) is 4.64. The summed E-state index contributed by atoms with van der Waals surface area (Å²) < 4.78 is 27.9. The fraction of sp³-hybridized carbons (Fsp3) is 0.250. The second kappa shape index (κ2) is 10.6. The van der Waals surface area contributed by atoms with Gasteiger partial charge in [0.1, 0.15) is 53.3 Å². The normalized spacial score (nSPS) is 15.1. The van der Waals surface area contributed by atoms with Gasteiger partial charge in [0.15, 0.2) is 5.65 Å². The number of nitrogens with zero attached hydrogens (tertiary/aromatic N) is 6. The highest BCUT2D eigenvalue weighted by molar-refractivity contribution is 5.98. The van der Waals surface area contributed by atoms with E-state index >= 15 is 0 Å². The van der Waals surface area contributed by atoms with Gasteiger partial charge >= 0.3 is 0 Å². The number of nitrogen functional groups attached to an aromatic ring is 1. The van der Waals surface area contributed by atoms with Gasteiger partial charge < -0.3 is 20.5 Å². The van der Waals surface area contributed by atoms with Crippen molar-refractivity contribution in [2.45, 2.75) is 39.0 Å². The molecule has 1 aliphatic heterocycles. The maximum absolute atomic E-state index is 14.3. The molecule has 3 aromatic heterocycles. The fourth-order valence-electron chi connectivity index (χ4n) is 4.64. The molecule has 1 atom stereocenters. The van der Waals surface area contributed by atoms with E-state index < -0.39 is 5.82 Å². The van der Waals surface area contributed by atoms with Crippen molar-refractivity contribution in [3.05, 3.63) is 78.4 Å². The number of ether oxygens (including phenoxy) is 2. The lowest BCUT2D eigenvalue weighted by atomic mass is 10.1. The molecule has 10 nitrogen and oxygen atoms in total. The quantitative estimate of drug-likeness (QED) is 0.302. The number of aromatic nitrogens is 6. The van der Waals surface area contributed by atoms with Gasteiger partial charge in [0.2, 0.25) is 0 Å². The number of rotatable bonds is 8. The molecule has 4 heterocycles. The Balaban J connectivity index is 1.21. The molecule has 0 bridgehead atoms. The molecule has 6 rings (SSSR count). The SMILES string of the molecule is Cc1ncc(COc2cc(F)cc(Oc3ccc(-c4nn(C[C@H]5CCCN5)c5ncnc(N)c45)cc3)c2)cn1. The second-order valence-corrected chi connectivity index (χ2v) is 9.46. The number of hydrogen-bond acceptors (Lipinski definition) is 9. The predicted octanol–water partition coefficient (Wildman–Crippen LogP) is 4.44. The number of halogens is 1. The van der Waals surface area contributed by atoms with Crippen molar-refractivity contribution in [3.63, 3.8) is 0 Å². The van der Waals surface area contributed by atoms with Gasteiger partial charge in [-0.05, 0) is 50.6 Å². The number of hydrogen-bond donors (Lipinski definition) is 2. The van der Waals surface area contributed by atoms with Gasteiger partial charge in [-0.1, -0.05) is 0 Å². The lowest BCUT2D eigenvalue weighted by Crippen LogP contribution is -2.27. The van der Waals surface area contributed by atoms with Gasteiger partial charge in [0.25, 0.3) is 0 Å². The third kappa shape index (κ3) is 5.48. The monoisotopic (exact) mass is 526 g/mol. The van der Waals surface area contributed by atoms with Gasteiger partial charge in [-0.25, -0.2) is 29.0 Å². The van der Waals surface area contributed by atoms with Crippen molar-refractivity contribution in [1.29, 1.82) is 0 Å². The first kappa shape index (κ1) is 24.7. The molecule has 198 valence electrons. The van der Waals surface area contributed by atoms with Crippen LogP contribution in [0.2, 0.25) is 0 Å². The zero-order valence-corrected chi connectivity index (χ0v) is 21.3. The summed E-state index contributed by atoms with van der Waals surface area (Å²) in [6.07, 6.45) is 7.06. The summed E-state index contributed by atoms with van der Waals surface area (Å²) in [5.74, 6) is 1.77. The van der Waals surface area contributed by atoms with Crippen LogP contribution in [0.1, 0.15) is 24.2 Å². The van der Waals surface area contributed by atoms with E-state index in [0.29, 0.717) is 52.8 Å². The summed E-state index contributed by atoms with van der Waals surface area (Å²) >= 11 is 0. The molecule has 1 saturated heterocycles. The standard InChI is InChI=1S/C28H27FN8O2/c1-17-32-12-18(13-33-17)15-38-23-9-20(29)10-24(11-23)39-22-6-4-19(5-7-22)26-25-27(30)34-16-35-28(25)37(36-26)14-21-3-2-8-31-21/h4-7,9-13,16,21,31H,2-3,8,14-15H2,1H3,(H2,30,34,35)/t21-/m1/s1. The van der Waals surface area contributed by atoms with Gasteiger partial charge in [0, 0.05) is 47.8 Å². The van der Waals surface area contributed by atoms with E-state index in [1.165, 1.54) is 18.5 Å². The van der Waals surface area contributed by atoms with Gasteiger partial charge in [0.05, 0.1) is 11.9 Å². The highest BCUT2D eigenvalue weighted by Gasteiger charge is 2.21. The van der Waals surface area contributed by atoms with Crippen LogP contribution in [0.5, 0.6) is 17.2 Å². The Kier molecular flexibility index (Phi) is 6.72. The molecule has 0 amide bonds. The molecule has 2 aromatic carbocycles. The molecule has 0 saturated carbocycles. The minimum absolute atomic E-state index is 0.210. The van der Waals surface area contributed by atoms with Crippen molar-refractivity contribution in [3.8, 4) is 28.5 Å². The zero-order chi connectivity index (χ0) is 26.8. The molecule has 1 fully saturated rings. The number of anilines is 1. The van der Waals surface area contributed by atoms with Crippen molar-refractivity contribution < 1.29 is 13.9 Å². The predicted molar refractivity (Wildman–Crippen MR) is 144 cm³/mol. The summed E-state index contributed by atoms with van der Waals surface area (Å²) in [7, 11) is 0. The zero-order valence-electron chi connectivity index (χ0n) is 21.3. The summed E-state index contributed by atoms with van der Waals surface area (Å²) in [5.41, 5.74) is 9.28. The van der Waals surface area contributed by atoms with Crippen molar-refractivity contribution in [1.82, 2.24) is 35.0 Å². The number of nitrogens with one attached hydrogen (secondary N) is 1. The van der Waals surface area contributed by atoms with Crippen LogP contribution in [0.15, 0.2) is 61.2 Å². The van der Waals surface area contributed by atoms with E-state index in [-0.39, 0.29) is 6.61 Å². The Morgan fingerprint density at radius 1 is 1.03 bits per heavy atom. The first-order valence-corrected chi connectivity index (χ1v) is 12.7. The van der Waals surface area contributed by atoms with Gasteiger partial charge in [-0.2, -0.15) is 5.10 Å². The Morgan fingerprint density at radius 3 is 2.59 bits per heavy atom. The van der Waals surface area contributed by atoms with Crippen LogP contribution in [0, 0.1) is 12.7 Å². The molecule has 39 heavy (non-hydrogen) atoms. The van der Waals surface area contributed by atoms with Crippen LogP contribution in [0.25, 0.3) is 22.3 Å². The lowest BCUT2D eigenvalue weighted by molar-refractivity contribution is 0.301. The molecule has 0 radical (unpaired) electrons. The Bertz CT molecular complexity index is 1600. The van der Waals surface area contributed by atoms with E-state index in [1.54, 1.807) is 37.5 Å². The molecule has 0 spiro atoms. The number of aryl methyl sites for hydroxylation is 1. The van der Waals surface area contributed by atoms with Crippen molar-refractivity contribution >= 4 is 16.9 Å². The van der Waals surface area contributed by atoms with E-state index in [1.807, 2.05) is 16.8 Å². The highest BCUT2D eigenvalue weighted by Crippen LogP contribution is 2.33. The molecule has 3 N–H and O–H groups in total. The number of benzene rings is 2. The largest absolute Gasteiger partial charge is 0.489 e. The van der Waals surface area contributed by atoms with E-state index in [0.717, 1.165) is 35.9 Å². The van der Waals surface area contributed by atoms with Crippen molar-refractivity contribution in [2.24, 2.45) is 0 Å². The maximum atomic E-state index is 14.3. The summed E-state index contributed by atoms with van der Waals surface area (Å²) in [6.45, 7) is 3.73. The van der Waals surface area contributed by atoms with Crippen LogP contribution in [0.4, 0.5) is 10.2 Å². The Labute approximate surface area is 224 Å². The van der Waals surface area contributed by atoms with Crippen LogP contribution in [-0.4, -0.2) is 42.3 Å². The van der Waals surface area contributed by atoms with Crippen LogP contribution >= 0.6 is 0 Å². The summed E-state index contributed by atoms with van der Waals surface area (Å²) in [4.78, 5) is 16.9. The highest BCUT2D eigenvalue weighted by atomic mass is 19.1. The van der Waals surface area contributed by atoms with Gasteiger partial charge in [-0.3, -0.25) is 0 Å². The van der Waals surface area contributed by atoms with Crippen LogP contribution in [-0.2, 0) is 13.2 Å². The second-order valence-electron chi connectivity index (χ2n) is 9.46. The molecule has 1 aliphatic rings. The molecular formula is C28H27FN8O2. The first-order valence-electron chi connectivity index (χ1n) is 12.7. The number of nitrogens with two attached hydrogens (primary N) is 1. The van der Waals surface area contributed by atoms with Crippen LogP contribution in [0.3, 0.4) is 0 Å². The minimum atomic E-state index is -0.469. The average Bonchev–Trinajstić information content (AvgIpc) is 3.58. The first-order chi connectivity index (χ1) is 19.0. The third-order valence-electron chi connectivity index (χ3n) is 6.56. The van der Waals surface area contributed by atoms with Crippen LogP contribution < -0.4 is 20.5 Å². The molecule has 5 aromatic rings.